The first-order valence-corrected chi connectivity index (χ1v) is 5.48. The first-order chi connectivity index (χ1) is 7.71. The van der Waals surface area contributed by atoms with E-state index in [0.29, 0.717) is 12.0 Å². The summed E-state index contributed by atoms with van der Waals surface area (Å²) in [7, 11) is 0. The Hall–Kier alpha value is -1.82. The molecule has 0 atom stereocenters. The van der Waals surface area contributed by atoms with Crippen molar-refractivity contribution in [2.24, 2.45) is 0 Å². The van der Waals surface area contributed by atoms with Crippen LogP contribution in [0.3, 0.4) is 0 Å². The number of hydrogen-bond donors (Lipinski definition) is 0. The third-order valence-electron chi connectivity index (χ3n) is 2.55. The second-order valence-electron chi connectivity index (χ2n) is 3.55. The van der Waals surface area contributed by atoms with Crippen molar-refractivity contribution in [2.45, 2.75) is 20.3 Å². The molecule has 0 fully saturated rings. The molecule has 0 radical (unpaired) electrons. The highest BCUT2D eigenvalue weighted by Crippen LogP contribution is 2.06. The van der Waals surface area contributed by atoms with Gasteiger partial charge in [-0.15, -0.1) is 0 Å². The Morgan fingerprint density at radius 1 is 1.25 bits per heavy atom. The van der Waals surface area contributed by atoms with Gasteiger partial charge in [-0.25, -0.2) is 0 Å². The zero-order valence-electron chi connectivity index (χ0n) is 9.73. The average molecular weight is 216 g/mol. The van der Waals surface area contributed by atoms with Crippen LogP contribution in [-0.4, -0.2) is 23.9 Å². The second-order valence-corrected chi connectivity index (χ2v) is 3.55. The minimum absolute atomic E-state index is 0.134. The number of nitrogens with zero attached hydrogens (tertiary/aromatic N) is 2. The fourth-order valence-corrected chi connectivity index (χ4v) is 1.56. The smallest absolute Gasteiger partial charge is 0.226 e. The number of amides is 1. The van der Waals surface area contributed by atoms with Gasteiger partial charge in [-0.1, -0.05) is 12.1 Å². The molecule has 0 aliphatic heterocycles. The lowest BCUT2D eigenvalue weighted by Gasteiger charge is -2.18. The van der Waals surface area contributed by atoms with Crippen molar-refractivity contribution in [3.8, 4) is 6.07 Å². The van der Waals surface area contributed by atoms with Gasteiger partial charge < -0.3 is 4.90 Å². The number of likely N-dealkylation sites (N-methyl/N-ethyl adjacent to an activating group) is 1. The summed E-state index contributed by atoms with van der Waals surface area (Å²) in [4.78, 5) is 13.6. The highest BCUT2D eigenvalue weighted by molar-refractivity contribution is 5.78. The molecule has 3 nitrogen and oxygen atoms in total. The van der Waals surface area contributed by atoms with Crippen molar-refractivity contribution in [3.63, 3.8) is 0 Å². The topological polar surface area (TPSA) is 44.1 Å². The van der Waals surface area contributed by atoms with Crippen LogP contribution in [0.15, 0.2) is 24.3 Å². The summed E-state index contributed by atoms with van der Waals surface area (Å²) in [5, 5.41) is 8.65. The maximum atomic E-state index is 11.8. The van der Waals surface area contributed by atoms with Gasteiger partial charge in [0.15, 0.2) is 0 Å². The molecule has 0 aliphatic carbocycles. The summed E-state index contributed by atoms with van der Waals surface area (Å²) >= 11 is 0. The minimum Gasteiger partial charge on any atom is -0.343 e. The monoisotopic (exact) mass is 216 g/mol. The number of carbonyl (C=O) groups excluding carboxylic acids is 1. The molecule has 0 aromatic heterocycles. The summed E-state index contributed by atoms with van der Waals surface area (Å²) in [6, 6.07) is 9.21. The molecule has 0 aliphatic rings. The third-order valence-corrected chi connectivity index (χ3v) is 2.55. The molecule has 84 valence electrons. The molecule has 0 unspecified atom stereocenters. The molecule has 0 heterocycles. The Balaban J connectivity index is 2.66. The van der Waals surface area contributed by atoms with Crippen molar-refractivity contribution in [2.75, 3.05) is 13.1 Å². The largest absolute Gasteiger partial charge is 0.343 e. The Morgan fingerprint density at radius 2 is 1.81 bits per heavy atom. The lowest BCUT2D eigenvalue weighted by Crippen LogP contribution is -2.31. The molecule has 3 heteroatoms. The van der Waals surface area contributed by atoms with Gasteiger partial charge in [0.2, 0.25) is 5.91 Å². The summed E-state index contributed by atoms with van der Waals surface area (Å²) < 4.78 is 0. The van der Waals surface area contributed by atoms with E-state index in [1.165, 1.54) is 0 Å². The van der Waals surface area contributed by atoms with Crippen molar-refractivity contribution < 1.29 is 4.79 Å². The number of carbonyl (C=O) groups is 1. The van der Waals surface area contributed by atoms with Crippen LogP contribution >= 0.6 is 0 Å². The van der Waals surface area contributed by atoms with Gasteiger partial charge in [-0.3, -0.25) is 4.79 Å². The Bertz CT molecular complexity index is 385. The van der Waals surface area contributed by atoms with Gasteiger partial charge in [0, 0.05) is 13.1 Å². The van der Waals surface area contributed by atoms with Crippen LogP contribution in [0.5, 0.6) is 0 Å². The first kappa shape index (κ1) is 12.3. The Labute approximate surface area is 96.3 Å². The van der Waals surface area contributed by atoms with E-state index in [0.717, 1.165) is 18.7 Å². The second kappa shape index (κ2) is 5.92. The van der Waals surface area contributed by atoms with Crippen molar-refractivity contribution >= 4 is 5.91 Å². The maximum Gasteiger partial charge on any atom is 0.226 e. The first-order valence-electron chi connectivity index (χ1n) is 5.48. The predicted octanol–water partition coefficient (Wildman–Crippen LogP) is 1.97. The number of nitriles is 1. The lowest BCUT2D eigenvalue weighted by atomic mass is 10.1. The summed E-state index contributed by atoms with van der Waals surface area (Å²) in [5.74, 6) is 0.134. The van der Waals surface area contributed by atoms with Crippen LogP contribution in [0, 0.1) is 11.3 Å². The SMILES string of the molecule is CCN(CC)C(=O)Cc1ccc(C#N)cc1. The number of benzene rings is 1. The summed E-state index contributed by atoms with van der Waals surface area (Å²) in [5.41, 5.74) is 1.58. The van der Waals surface area contributed by atoms with E-state index >= 15 is 0 Å². The molecule has 0 bridgehead atoms. The number of hydrogen-bond acceptors (Lipinski definition) is 2. The normalized spacial score (nSPS) is 9.56. The van der Waals surface area contributed by atoms with Gasteiger partial charge in [0.25, 0.3) is 0 Å². The van der Waals surface area contributed by atoms with Gasteiger partial charge in [0.1, 0.15) is 0 Å². The number of rotatable bonds is 4. The third kappa shape index (κ3) is 3.09. The molecule has 1 aromatic rings. The van der Waals surface area contributed by atoms with E-state index in [9.17, 15) is 4.79 Å². The fraction of sp³-hybridized carbons (Fsp3) is 0.385. The Morgan fingerprint density at radius 3 is 2.25 bits per heavy atom. The van der Waals surface area contributed by atoms with Crippen molar-refractivity contribution in [3.05, 3.63) is 35.4 Å². The molecule has 1 rings (SSSR count). The quantitative estimate of drug-likeness (QED) is 0.772. The standard InChI is InChI=1S/C13H16N2O/c1-3-15(4-2)13(16)9-11-5-7-12(10-14)8-6-11/h5-8H,3-4,9H2,1-2H3. The maximum absolute atomic E-state index is 11.8. The highest BCUT2D eigenvalue weighted by atomic mass is 16.2. The molecule has 0 spiro atoms. The van der Waals surface area contributed by atoms with Gasteiger partial charge >= 0.3 is 0 Å². The molecular formula is C13H16N2O. The van der Waals surface area contributed by atoms with Crippen molar-refractivity contribution in [1.82, 2.24) is 4.90 Å². The van der Waals surface area contributed by atoms with E-state index in [2.05, 4.69) is 6.07 Å². The zero-order chi connectivity index (χ0) is 12.0. The summed E-state index contributed by atoms with van der Waals surface area (Å²) in [6.07, 6.45) is 0.410. The lowest BCUT2D eigenvalue weighted by molar-refractivity contribution is -0.130. The fourth-order valence-electron chi connectivity index (χ4n) is 1.56. The van der Waals surface area contributed by atoms with E-state index in [1.807, 2.05) is 26.0 Å². The molecule has 0 saturated heterocycles. The average Bonchev–Trinajstić information content (AvgIpc) is 2.31. The molecule has 1 amide bonds. The van der Waals surface area contributed by atoms with E-state index in [-0.39, 0.29) is 5.91 Å². The van der Waals surface area contributed by atoms with Gasteiger partial charge in [-0.2, -0.15) is 5.26 Å². The Kier molecular flexibility index (Phi) is 4.53. The predicted molar refractivity (Wildman–Crippen MR) is 62.8 cm³/mol. The van der Waals surface area contributed by atoms with Crippen LogP contribution in [-0.2, 0) is 11.2 Å². The molecule has 16 heavy (non-hydrogen) atoms. The van der Waals surface area contributed by atoms with Crippen LogP contribution in [0.4, 0.5) is 0 Å². The van der Waals surface area contributed by atoms with Crippen LogP contribution in [0.25, 0.3) is 0 Å². The molecular weight excluding hydrogens is 200 g/mol. The van der Waals surface area contributed by atoms with E-state index in [1.54, 1.807) is 17.0 Å². The molecule has 1 aromatic carbocycles. The minimum atomic E-state index is 0.134. The van der Waals surface area contributed by atoms with Crippen LogP contribution in [0.1, 0.15) is 25.0 Å². The summed E-state index contributed by atoms with van der Waals surface area (Å²) in [6.45, 7) is 5.43. The van der Waals surface area contributed by atoms with Gasteiger partial charge in [-0.05, 0) is 31.5 Å². The molecule has 0 N–H and O–H groups in total. The van der Waals surface area contributed by atoms with Gasteiger partial charge in [0.05, 0.1) is 18.1 Å². The van der Waals surface area contributed by atoms with Crippen LogP contribution < -0.4 is 0 Å². The van der Waals surface area contributed by atoms with Crippen molar-refractivity contribution in [1.29, 1.82) is 5.26 Å². The van der Waals surface area contributed by atoms with E-state index < -0.39 is 0 Å². The highest BCUT2D eigenvalue weighted by Gasteiger charge is 2.09. The van der Waals surface area contributed by atoms with Crippen LogP contribution in [0.2, 0.25) is 0 Å². The van der Waals surface area contributed by atoms with E-state index in [4.69, 9.17) is 5.26 Å². The molecule has 0 saturated carbocycles. The zero-order valence-corrected chi connectivity index (χ0v) is 9.73.